The first-order chi connectivity index (χ1) is 19.2. The van der Waals surface area contributed by atoms with Crippen LogP contribution < -0.4 is 0 Å². The molecule has 0 heterocycles. The molecule has 0 aromatic rings. The van der Waals surface area contributed by atoms with Crippen LogP contribution in [0.5, 0.6) is 0 Å². The summed E-state index contributed by atoms with van der Waals surface area (Å²) in [7, 11) is 0. The molecule has 0 saturated heterocycles. The Morgan fingerprint density at radius 1 is 0.487 bits per heavy atom. The van der Waals surface area contributed by atoms with E-state index in [4.69, 9.17) is 42.6 Å². The second-order valence-electron chi connectivity index (χ2n) is 8.67. The smallest absolute Gasteiger partial charge is 0.308 e. The molecule has 0 fully saturated rings. The number of esters is 2. The predicted octanol–water partition coefficient (Wildman–Crippen LogP) is 3.21. The lowest BCUT2D eigenvalue weighted by atomic mass is 10.00. The minimum Gasteiger partial charge on any atom is -0.463 e. The molecular formula is C28H54O11. The number of carbonyl (C=O) groups excluding carboxylic acids is 2. The number of carbonyl (C=O) groups is 2. The van der Waals surface area contributed by atoms with Crippen molar-refractivity contribution >= 4 is 11.9 Å². The zero-order valence-corrected chi connectivity index (χ0v) is 24.6. The van der Waals surface area contributed by atoms with Crippen molar-refractivity contribution in [2.75, 3.05) is 106 Å². The highest BCUT2D eigenvalue weighted by Gasteiger charge is 2.16. The van der Waals surface area contributed by atoms with Gasteiger partial charge in [0.25, 0.3) is 0 Å². The van der Waals surface area contributed by atoms with Crippen molar-refractivity contribution < 1.29 is 52.2 Å². The topological polar surface area (TPSA) is 117 Å². The molecule has 0 amide bonds. The Kier molecular flexibility index (Phi) is 30.1. The van der Waals surface area contributed by atoms with Gasteiger partial charge in [0.2, 0.25) is 0 Å². The van der Waals surface area contributed by atoms with Gasteiger partial charge in [0.15, 0.2) is 0 Å². The summed E-state index contributed by atoms with van der Waals surface area (Å²) in [6.07, 6.45) is 5.06. The molecule has 11 nitrogen and oxygen atoms in total. The van der Waals surface area contributed by atoms with Gasteiger partial charge in [0.05, 0.1) is 98.4 Å². The molecule has 39 heavy (non-hydrogen) atoms. The molecule has 1 atom stereocenters. The minimum absolute atomic E-state index is 0.00281. The van der Waals surface area contributed by atoms with Gasteiger partial charge >= 0.3 is 11.9 Å². The highest BCUT2D eigenvalue weighted by atomic mass is 16.6. The van der Waals surface area contributed by atoms with Gasteiger partial charge in [-0.25, -0.2) is 0 Å². The molecule has 0 aliphatic heterocycles. The Morgan fingerprint density at radius 2 is 0.846 bits per heavy atom. The van der Waals surface area contributed by atoms with Gasteiger partial charge in [0, 0.05) is 6.42 Å². The molecule has 0 aliphatic rings. The third-order valence-electron chi connectivity index (χ3n) is 5.38. The summed E-state index contributed by atoms with van der Waals surface area (Å²) in [6.45, 7) is 13.1. The molecule has 0 radical (unpaired) electrons. The molecule has 232 valence electrons. The fraction of sp³-hybridized carbons (Fsp3) is 0.929. The van der Waals surface area contributed by atoms with Crippen molar-refractivity contribution in [2.45, 2.75) is 59.3 Å². The number of hydrogen-bond acceptors (Lipinski definition) is 11. The maximum absolute atomic E-state index is 12.0. The van der Waals surface area contributed by atoms with Crippen LogP contribution in [0.2, 0.25) is 0 Å². The number of rotatable bonds is 31. The zero-order chi connectivity index (χ0) is 28.7. The van der Waals surface area contributed by atoms with Crippen molar-refractivity contribution in [1.29, 1.82) is 0 Å². The van der Waals surface area contributed by atoms with E-state index in [9.17, 15) is 9.59 Å². The molecule has 0 N–H and O–H groups in total. The maximum atomic E-state index is 12.0. The van der Waals surface area contributed by atoms with Crippen molar-refractivity contribution in [1.82, 2.24) is 0 Å². The van der Waals surface area contributed by atoms with Crippen LogP contribution in [0.1, 0.15) is 59.3 Å². The average molecular weight is 567 g/mol. The van der Waals surface area contributed by atoms with Crippen LogP contribution in [0, 0.1) is 5.92 Å². The average Bonchev–Trinajstić information content (AvgIpc) is 2.93. The lowest BCUT2D eigenvalue weighted by Gasteiger charge is -2.13. The Hall–Kier alpha value is -1.34. The molecule has 11 heteroatoms. The summed E-state index contributed by atoms with van der Waals surface area (Å²) >= 11 is 0. The van der Waals surface area contributed by atoms with Crippen molar-refractivity contribution in [3.8, 4) is 0 Å². The van der Waals surface area contributed by atoms with Crippen LogP contribution in [-0.2, 0) is 52.2 Å². The van der Waals surface area contributed by atoms with E-state index >= 15 is 0 Å². The molecule has 0 spiro atoms. The van der Waals surface area contributed by atoms with E-state index in [0.29, 0.717) is 98.9 Å². The van der Waals surface area contributed by atoms with Crippen LogP contribution >= 0.6 is 0 Å². The molecule has 0 bridgehead atoms. The van der Waals surface area contributed by atoms with E-state index < -0.39 is 0 Å². The third-order valence-corrected chi connectivity index (χ3v) is 5.38. The molecule has 0 aliphatic carbocycles. The van der Waals surface area contributed by atoms with Crippen molar-refractivity contribution in [3.05, 3.63) is 0 Å². The summed E-state index contributed by atoms with van der Waals surface area (Å²) in [5.41, 5.74) is 0. The largest absolute Gasteiger partial charge is 0.463 e. The summed E-state index contributed by atoms with van der Waals surface area (Å²) in [4.78, 5) is 23.1. The fourth-order valence-corrected chi connectivity index (χ4v) is 3.17. The Bertz CT molecular complexity index is 534. The summed E-state index contributed by atoms with van der Waals surface area (Å²) in [6, 6.07) is 0. The monoisotopic (exact) mass is 566 g/mol. The lowest BCUT2D eigenvalue weighted by molar-refractivity contribution is -0.150. The molecule has 0 rings (SSSR count). The van der Waals surface area contributed by atoms with Gasteiger partial charge in [-0.1, -0.05) is 33.6 Å². The first-order valence-electron chi connectivity index (χ1n) is 14.5. The predicted molar refractivity (Wildman–Crippen MR) is 146 cm³/mol. The van der Waals surface area contributed by atoms with Gasteiger partial charge in [-0.05, 0) is 19.3 Å². The van der Waals surface area contributed by atoms with Gasteiger partial charge in [-0.3, -0.25) is 9.59 Å². The first kappa shape index (κ1) is 37.7. The van der Waals surface area contributed by atoms with Gasteiger partial charge in [0.1, 0.15) is 13.2 Å². The van der Waals surface area contributed by atoms with Crippen LogP contribution in [0.25, 0.3) is 0 Å². The number of unbranched alkanes of at least 4 members (excludes halogenated alkanes) is 1. The summed E-state index contributed by atoms with van der Waals surface area (Å²) < 4.78 is 48.2. The minimum atomic E-state index is -0.189. The van der Waals surface area contributed by atoms with E-state index in [1.54, 1.807) is 0 Å². The van der Waals surface area contributed by atoms with Gasteiger partial charge < -0.3 is 42.6 Å². The standard InChI is InChI=1S/C28H54O11/c1-4-7-9-26(6-3)28(30)39-25-23-37-21-19-35-17-15-33-13-11-31-10-12-32-14-16-34-18-20-36-22-24-38-27(29)8-5-2/h26H,4-25H2,1-3H3. The highest BCUT2D eigenvalue weighted by molar-refractivity contribution is 5.72. The molecule has 0 saturated carbocycles. The van der Waals surface area contributed by atoms with E-state index in [1.807, 2.05) is 13.8 Å². The Morgan fingerprint density at radius 3 is 1.18 bits per heavy atom. The summed E-state index contributed by atoms with van der Waals surface area (Å²) in [5, 5.41) is 0. The van der Waals surface area contributed by atoms with Crippen LogP contribution in [-0.4, -0.2) is 118 Å². The van der Waals surface area contributed by atoms with E-state index in [-0.39, 0.29) is 31.1 Å². The molecule has 1 unspecified atom stereocenters. The van der Waals surface area contributed by atoms with Crippen molar-refractivity contribution in [3.63, 3.8) is 0 Å². The van der Waals surface area contributed by atoms with Gasteiger partial charge in [-0.15, -0.1) is 0 Å². The van der Waals surface area contributed by atoms with E-state index in [1.165, 1.54) is 0 Å². The molecule has 0 aromatic carbocycles. The number of ether oxygens (including phenoxy) is 9. The fourth-order valence-electron chi connectivity index (χ4n) is 3.17. The van der Waals surface area contributed by atoms with E-state index in [2.05, 4.69) is 6.92 Å². The highest BCUT2D eigenvalue weighted by Crippen LogP contribution is 2.14. The normalized spacial score (nSPS) is 12.0. The molecular weight excluding hydrogens is 512 g/mol. The third kappa shape index (κ3) is 28.0. The van der Waals surface area contributed by atoms with Crippen LogP contribution in [0.3, 0.4) is 0 Å². The van der Waals surface area contributed by atoms with E-state index in [0.717, 1.165) is 32.1 Å². The number of hydrogen-bond donors (Lipinski definition) is 0. The second-order valence-corrected chi connectivity index (χ2v) is 8.67. The Labute approximate surface area is 235 Å². The lowest BCUT2D eigenvalue weighted by Crippen LogP contribution is -2.20. The second kappa shape index (κ2) is 31.2. The quantitative estimate of drug-likeness (QED) is 0.0909. The van der Waals surface area contributed by atoms with Crippen molar-refractivity contribution in [2.24, 2.45) is 5.92 Å². The molecule has 0 aromatic heterocycles. The summed E-state index contributed by atoms with van der Waals surface area (Å²) in [5.74, 6) is -0.313. The first-order valence-corrected chi connectivity index (χ1v) is 14.5. The van der Waals surface area contributed by atoms with Crippen LogP contribution in [0.4, 0.5) is 0 Å². The SMILES string of the molecule is CCCCC(CC)C(=O)OCCOCCOCCOCCOCCOCCOCCOCCOC(=O)CCC. The van der Waals surface area contributed by atoms with Gasteiger partial charge in [-0.2, -0.15) is 0 Å². The Balaban J connectivity index is 3.19. The maximum Gasteiger partial charge on any atom is 0.308 e. The van der Waals surface area contributed by atoms with Crippen LogP contribution in [0.15, 0.2) is 0 Å². The zero-order valence-electron chi connectivity index (χ0n) is 24.6.